The lowest BCUT2D eigenvalue weighted by Gasteiger charge is -2.10. The van der Waals surface area contributed by atoms with Crippen molar-refractivity contribution in [2.45, 2.75) is 19.8 Å². The van der Waals surface area contributed by atoms with Gasteiger partial charge >= 0.3 is 0 Å². The minimum Gasteiger partial charge on any atom is -0.460 e. The van der Waals surface area contributed by atoms with Crippen LogP contribution in [0.25, 0.3) is 11.6 Å². The molecule has 2 aromatic rings. The fourth-order valence-corrected chi connectivity index (χ4v) is 2.43. The number of anilines is 1. The maximum absolute atomic E-state index is 5.86. The molecule has 17 heavy (non-hydrogen) atoms. The third-order valence-electron chi connectivity index (χ3n) is 2.27. The van der Waals surface area contributed by atoms with Gasteiger partial charge in [0.05, 0.1) is 20.9 Å². The van der Waals surface area contributed by atoms with Crippen molar-refractivity contribution < 1.29 is 4.42 Å². The lowest BCUT2D eigenvalue weighted by atomic mass is 10.1. The molecule has 2 aromatic heterocycles. The Kier molecular flexibility index (Phi) is 3.53. The smallest absolute Gasteiger partial charge is 0.199 e. The number of hydrogen-bond acceptors (Lipinski definition) is 4. The molecule has 0 amide bonds. The van der Waals surface area contributed by atoms with E-state index in [1.807, 2.05) is 13.8 Å². The molecular weight excluding hydrogens is 350 g/mol. The zero-order chi connectivity index (χ0) is 12.6. The van der Waals surface area contributed by atoms with Gasteiger partial charge in [-0.05, 0) is 43.8 Å². The van der Waals surface area contributed by atoms with Crippen LogP contribution in [0.2, 0.25) is 0 Å². The number of nitrogens with two attached hydrogens (primary N) is 1. The molecule has 0 atom stereocenters. The van der Waals surface area contributed by atoms with Crippen LogP contribution in [0.1, 0.15) is 25.5 Å². The lowest BCUT2D eigenvalue weighted by Crippen LogP contribution is -2.04. The number of furan rings is 1. The summed E-state index contributed by atoms with van der Waals surface area (Å²) in [7, 11) is 0. The molecule has 0 aliphatic heterocycles. The van der Waals surface area contributed by atoms with Crippen LogP contribution in [0, 0.1) is 0 Å². The fraction of sp³-hybridized carbons (Fsp3) is 0.273. The molecule has 0 unspecified atom stereocenters. The average molecular weight is 361 g/mol. The highest BCUT2D eigenvalue weighted by Gasteiger charge is 2.17. The second-order valence-electron chi connectivity index (χ2n) is 3.88. The summed E-state index contributed by atoms with van der Waals surface area (Å²) < 4.78 is 6.90. The van der Waals surface area contributed by atoms with Crippen molar-refractivity contribution in [3.05, 3.63) is 27.0 Å². The van der Waals surface area contributed by atoms with Gasteiger partial charge in [-0.2, -0.15) is 0 Å². The number of nitrogens with zero attached hydrogens (tertiary/aromatic N) is 2. The zero-order valence-electron chi connectivity index (χ0n) is 9.37. The Bertz CT molecular complexity index is 552. The highest BCUT2D eigenvalue weighted by molar-refractivity contribution is 9.11. The van der Waals surface area contributed by atoms with Crippen molar-refractivity contribution in [3.63, 3.8) is 0 Å². The maximum Gasteiger partial charge on any atom is 0.199 e. The summed E-state index contributed by atoms with van der Waals surface area (Å²) in [6.07, 6.45) is 1.58. The van der Waals surface area contributed by atoms with Gasteiger partial charge in [-0.1, -0.05) is 13.8 Å². The fourth-order valence-electron chi connectivity index (χ4n) is 1.42. The van der Waals surface area contributed by atoms with Gasteiger partial charge in [-0.25, -0.2) is 9.97 Å². The first-order valence-corrected chi connectivity index (χ1v) is 6.65. The van der Waals surface area contributed by atoms with Crippen molar-refractivity contribution in [3.8, 4) is 11.6 Å². The van der Waals surface area contributed by atoms with E-state index in [-0.39, 0.29) is 5.92 Å². The molecule has 0 saturated heterocycles. The van der Waals surface area contributed by atoms with E-state index in [1.165, 1.54) is 0 Å². The summed E-state index contributed by atoms with van der Waals surface area (Å²) in [5.74, 6) is 1.75. The normalized spacial score (nSPS) is 11.1. The van der Waals surface area contributed by atoms with Crippen molar-refractivity contribution in [2.75, 3.05) is 5.73 Å². The molecule has 0 spiro atoms. The van der Waals surface area contributed by atoms with Crippen molar-refractivity contribution >= 4 is 37.7 Å². The lowest BCUT2D eigenvalue weighted by molar-refractivity contribution is 0.575. The number of rotatable bonds is 2. The third-order valence-corrected chi connectivity index (χ3v) is 3.71. The molecule has 0 aromatic carbocycles. The number of nitrogen functional groups attached to an aromatic ring is 1. The van der Waals surface area contributed by atoms with E-state index in [4.69, 9.17) is 10.2 Å². The Labute approximate surface area is 116 Å². The summed E-state index contributed by atoms with van der Waals surface area (Å²) in [6.45, 7) is 4.10. The van der Waals surface area contributed by atoms with E-state index in [9.17, 15) is 0 Å². The topological polar surface area (TPSA) is 64.9 Å². The predicted molar refractivity (Wildman–Crippen MR) is 73.6 cm³/mol. The SMILES string of the molecule is CC(C)c1nc(-c2occc2Br)nc(N)c1Br. The van der Waals surface area contributed by atoms with Gasteiger partial charge in [-0.15, -0.1) is 0 Å². The highest BCUT2D eigenvalue weighted by Crippen LogP contribution is 2.32. The molecule has 4 nitrogen and oxygen atoms in total. The van der Waals surface area contributed by atoms with Gasteiger partial charge in [0, 0.05) is 0 Å². The van der Waals surface area contributed by atoms with E-state index in [0.717, 1.165) is 14.6 Å². The molecular formula is C11H11Br2N3O. The van der Waals surface area contributed by atoms with Gasteiger partial charge in [0.1, 0.15) is 5.82 Å². The van der Waals surface area contributed by atoms with Gasteiger partial charge < -0.3 is 10.2 Å². The van der Waals surface area contributed by atoms with E-state index in [0.29, 0.717) is 17.4 Å². The predicted octanol–water partition coefficient (Wildman–Crippen LogP) is 3.97. The molecule has 2 rings (SSSR count). The van der Waals surface area contributed by atoms with Crippen LogP contribution < -0.4 is 5.73 Å². The van der Waals surface area contributed by atoms with Crippen LogP contribution in [0.15, 0.2) is 25.7 Å². The first kappa shape index (κ1) is 12.6. The Hall–Kier alpha value is -0.880. The minimum atomic E-state index is 0.252. The number of aromatic nitrogens is 2. The molecule has 0 aliphatic carbocycles. The highest BCUT2D eigenvalue weighted by atomic mass is 79.9. The van der Waals surface area contributed by atoms with Gasteiger partial charge in [0.25, 0.3) is 0 Å². The van der Waals surface area contributed by atoms with Gasteiger partial charge in [0.2, 0.25) is 0 Å². The van der Waals surface area contributed by atoms with Crippen LogP contribution in [0.4, 0.5) is 5.82 Å². The van der Waals surface area contributed by atoms with Crippen LogP contribution in [0.3, 0.4) is 0 Å². The molecule has 0 fully saturated rings. The summed E-state index contributed by atoms with van der Waals surface area (Å²) in [6, 6.07) is 1.80. The maximum atomic E-state index is 5.86. The second kappa shape index (κ2) is 4.78. The Morgan fingerprint density at radius 3 is 2.53 bits per heavy atom. The zero-order valence-corrected chi connectivity index (χ0v) is 12.5. The summed E-state index contributed by atoms with van der Waals surface area (Å²) in [5, 5.41) is 0. The minimum absolute atomic E-state index is 0.252. The molecule has 0 bridgehead atoms. The quantitative estimate of drug-likeness (QED) is 0.879. The standard InChI is InChI=1S/C11H11Br2N3O/c1-5(2)8-7(13)10(14)16-11(15-8)9-6(12)3-4-17-9/h3-5H,1-2H3,(H2,14,15,16). The van der Waals surface area contributed by atoms with E-state index < -0.39 is 0 Å². The van der Waals surface area contributed by atoms with Gasteiger partial charge in [0.15, 0.2) is 11.6 Å². The second-order valence-corrected chi connectivity index (χ2v) is 5.53. The molecule has 0 radical (unpaired) electrons. The third kappa shape index (κ3) is 2.37. The van der Waals surface area contributed by atoms with Crippen LogP contribution in [0.5, 0.6) is 0 Å². The molecule has 2 N–H and O–H groups in total. The van der Waals surface area contributed by atoms with Gasteiger partial charge in [-0.3, -0.25) is 0 Å². The first-order valence-electron chi connectivity index (χ1n) is 5.07. The van der Waals surface area contributed by atoms with Crippen LogP contribution in [-0.2, 0) is 0 Å². The Balaban J connectivity index is 2.61. The molecule has 2 heterocycles. The van der Waals surface area contributed by atoms with E-state index >= 15 is 0 Å². The van der Waals surface area contributed by atoms with Crippen LogP contribution >= 0.6 is 31.9 Å². The number of halogens is 2. The van der Waals surface area contributed by atoms with Crippen molar-refractivity contribution in [1.29, 1.82) is 0 Å². The molecule has 0 aliphatic rings. The monoisotopic (exact) mass is 359 g/mol. The Morgan fingerprint density at radius 2 is 2.00 bits per heavy atom. The number of hydrogen-bond donors (Lipinski definition) is 1. The molecule has 90 valence electrons. The molecule has 6 heteroatoms. The van der Waals surface area contributed by atoms with E-state index in [2.05, 4.69) is 41.8 Å². The van der Waals surface area contributed by atoms with E-state index in [1.54, 1.807) is 12.3 Å². The first-order chi connectivity index (χ1) is 8.00. The average Bonchev–Trinajstić information content (AvgIpc) is 2.68. The summed E-state index contributed by atoms with van der Waals surface area (Å²) >= 11 is 6.79. The largest absolute Gasteiger partial charge is 0.460 e. The molecule has 0 saturated carbocycles. The van der Waals surface area contributed by atoms with Crippen LogP contribution in [-0.4, -0.2) is 9.97 Å². The Morgan fingerprint density at radius 1 is 1.29 bits per heavy atom. The van der Waals surface area contributed by atoms with Crippen molar-refractivity contribution in [1.82, 2.24) is 9.97 Å². The van der Waals surface area contributed by atoms with Crippen molar-refractivity contribution in [2.24, 2.45) is 0 Å². The summed E-state index contributed by atoms with van der Waals surface area (Å²) in [4.78, 5) is 8.69. The summed E-state index contributed by atoms with van der Waals surface area (Å²) in [5.41, 5.74) is 6.73.